The number of nitro benzene ring substituents is 1. The molecule has 0 heterocycles. The summed E-state index contributed by atoms with van der Waals surface area (Å²) in [6.45, 7) is 4.38. The van der Waals surface area contributed by atoms with Crippen molar-refractivity contribution in [2.75, 3.05) is 0 Å². The second-order valence-electron chi connectivity index (χ2n) is 5.45. The predicted molar refractivity (Wildman–Crippen MR) is 89.2 cm³/mol. The van der Waals surface area contributed by atoms with Gasteiger partial charge in [0, 0.05) is 18.7 Å². The minimum absolute atomic E-state index is 0.0116. The molecular weight excluding hydrogens is 292 g/mol. The second-order valence-corrected chi connectivity index (χ2v) is 5.45. The maximum Gasteiger partial charge on any atom is 0.282 e. The van der Waals surface area contributed by atoms with Gasteiger partial charge < -0.3 is 4.90 Å². The van der Waals surface area contributed by atoms with E-state index >= 15 is 0 Å². The number of hydrogen-bond acceptors (Lipinski definition) is 3. The molecule has 0 fully saturated rings. The van der Waals surface area contributed by atoms with Crippen LogP contribution in [0, 0.1) is 10.1 Å². The number of hydrogen-bond donors (Lipinski definition) is 0. The molecule has 1 unspecified atom stereocenters. The van der Waals surface area contributed by atoms with E-state index in [0.29, 0.717) is 6.54 Å². The van der Waals surface area contributed by atoms with Gasteiger partial charge in [0.15, 0.2) is 0 Å². The summed E-state index contributed by atoms with van der Waals surface area (Å²) in [5, 5.41) is 11.2. The van der Waals surface area contributed by atoms with Crippen molar-refractivity contribution >= 4 is 11.6 Å². The largest absolute Gasteiger partial charge is 0.331 e. The van der Waals surface area contributed by atoms with E-state index in [2.05, 4.69) is 0 Å². The maximum atomic E-state index is 12.9. The van der Waals surface area contributed by atoms with Gasteiger partial charge in [0.25, 0.3) is 11.6 Å². The number of benzene rings is 2. The van der Waals surface area contributed by atoms with Crippen LogP contribution in [0.4, 0.5) is 5.69 Å². The molecule has 0 bridgehead atoms. The molecule has 2 aromatic rings. The number of carbonyl (C=O) groups is 1. The van der Waals surface area contributed by atoms with Crippen LogP contribution in [0.1, 0.15) is 36.2 Å². The highest BCUT2D eigenvalue weighted by Gasteiger charge is 2.26. The zero-order valence-corrected chi connectivity index (χ0v) is 13.3. The minimum Gasteiger partial charge on any atom is -0.331 e. The minimum atomic E-state index is -0.509. The maximum absolute atomic E-state index is 12.9. The summed E-state index contributed by atoms with van der Waals surface area (Å²) in [7, 11) is 0. The van der Waals surface area contributed by atoms with E-state index in [-0.39, 0.29) is 23.2 Å². The Morgan fingerprint density at radius 1 is 1.13 bits per heavy atom. The highest BCUT2D eigenvalue weighted by molar-refractivity contribution is 5.98. The summed E-state index contributed by atoms with van der Waals surface area (Å²) in [6.07, 6.45) is 0.777. The van der Waals surface area contributed by atoms with Crippen LogP contribution in [-0.2, 0) is 6.54 Å². The third kappa shape index (κ3) is 3.94. The summed E-state index contributed by atoms with van der Waals surface area (Å²) in [6, 6.07) is 15.7. The van der Waals surface area contributed by atoms with Gasteiger partial charge in [-0.2, -0.15) is 0 Å². The SMILES string of the molecule is CCC(C)N(Cc1ccccc1)C(=O)c1ccccc1[N+](=O)[O-]. The fraction of sp³-hybridized carbons (Fsp3) is 0.278. The molecule has 1 atom stereocenters. The zero-order valence-electron chi connectivity index (χ0n) is 13.3. The molecule has 0 aliphatic carbocycles. The van der Waals surface area contributed by atoms with Crippen molar-refractivity contribution in [2.45, 2.75) is 32.9 Å². The number of nitro groups is 1. The number of amides is 1. The molecule has 5 heteroatoms. The van der Waals surface area contributed by atoms with E-state index in [0.717, 1.165) is 12.0 Å². The molecule has 0 saturated carbocycles. The lowest BCUT2D eigenvalue weighted by atomic mass is 10.1. The molecule has 2 rings (SSSR count). The van der Waals surface area contributed by atoms with Gasteiger partial charge in [-0.1, -0.05) is 49.4 Å². The van der Waals surface area contributed by atoms with Gasteiger partial charge >= 0.3 is 0 Å². The molecule has 2 aromatic carbocycles. The van der Waals surface area contributed by atoms with Crippen molar-refractivity contribution in [3.05, 3.63) is 75.8 Å². The molecule has 120 valence electrons. The van der Waals surface area contributed by atoms with E-state index in [9.17, 15) is 14.9 Å². The van der Waals surface area contributed by atoms with Crippen LogP contribution in [-0.4, -0.2) is 21.8 Å². The van der Waals surface area contributed by atoms with Gasteiger partial charge in [0.05, 0.1) is 4.92 Å². The van der Waals surface area contributed by atoms with Gasteiger partial charge in [-0.05, 0) is 25.0 Å². The summed E-state index contributed by atoms with van der Waals surface area (Å²) < 4.78 is 0. The summed E-state index contributed by atoms with van der Waals surface area (Å²) in [4.78, 5) is 25.3. The average Bonchev–Trinajstić information content (AvgIpc) is 2.59. The van der Waals surface area contributed by atoms with Gasteiger partial charge in [0.1, 0.15) is 5.56 Å². The van der Waals surface area contributed by atoms with Crippen LogP contribution < -0.4 is 0 Å². The normalized spacial score (nSPS) is 11.7. The third-order valence-corrected chi connectivity index (χ3v) is 3.91. The smallest absolute Gasteiger partial charge is 0.282 e. The molecule has 1 amide bonds. The Labute approximate surface area is 135 Å². The molecule has 5 nitrogen and oxygen atoms in total. The number of para-hydroxylation sites is 1. The molecule has 0 aromatic heterocycles. The van der Waals surface area contributed by atoms with Gasteiger partial charge in [-0.25, -0.2) is 0 Å². The topological polar surface area (TPSA) is 63.5 Å². The monoisotopic (exact) mass is 312 g/mol. The van der Waals surface area contributed by atoms with E-state index in [1.54, 1.807) is 17.0 Å². The molecule has 0 N–H and O–H groups in total. The van der Waals surface area contributed by atoms with Crippen molar-refractivity contribution in [1.82, 2.24) is 4.90 Å². The molecule has 0 saturated heterocycles. The Balaban J connectivity index is 2.36. The number of carbonyl (C=O) groups excluding carboxylic acids is 1. The molecule has 23 heavy (non-hydrogen) atoms. The second kappa shape index (κ2) is 7.54. The van der Waals surface area contributed by atoms with Crippen molar-refractivity contribution in [3.8, 4) is 0 Å². The van der Waals surface area contributed by atoms with Crippen LogP contribution in [0.25, 0.3) is 0 Å². The lowest BCUT2D eigenvalue weighted by Gasteiger charge is -2.28. The van der Waals surface area contributed by atoms with Crippen molar-refractivity contribution in [3.63, 3.8) is 0 Å². The number of nitrogens with zero attached hydrogens (tertiary/aromatic N) is 2. The summed E-state index contributed by atoms with van der Waals surface area (Å²) in [5.41, 5.74) is 0.979. The molecule has 0 spiro atoms. The first-order chi connectivity index (χ1) is 11.0. The Bertz CT molecular complexity index is 686. The van der Waals surface area contributed by atoms with Crippen molar-refractivity contribution in [2.24, 2.45) is 0 Å². The van der Waals surface area contributed by atoms with Crippen LogP contribution >= 0.6 is 0 Å². The first-order valence-corrected chi connectivity index (χ1v) is 7.63. The first-order valence-electron chi connectivity index (χ1n) is 7.63. The Hall–Kier alpha value is -2.69. The quantitative estimate of drug-likeness (QED) is 0.597. The fourth-order valence-electron chi connectivity index (χ4n) is 2.40. The number of rotatable bonds is 6. The van der Waals surface area contributed by atoms with E-state index in [1.807, 2.05) is 44.2 Å². The fourth-order valence-corrected chi connectivity index (χ4v) is 2.40. The molecule has 0 aliphatic heterocycles. The Kier molecular flexibility index (Phi) is 5.46. The van der Waals surface area contributed by atoms with E-state index < -0.39 is 4.92 Å². The van der Waals surface area contributed by atoms with E-state index in [4.69, 9.17) is 0 Å². The zero-order chi connectivity index (χ0) is 16.8. The standard InChI is InChI=1S/C18H20N2O3/c1-3-14(2)19(13-15-9-5-4-6-10-15)18(21)16-11-7-8-12-17(16)20(22)23/h4-12,14H,3,13H2,1-2H3. The lowest BCUT2D eigenvalue weighted by Crippen LogP contribution is -2.38. The van der Waals surface area contributed by atoms with Crippen molar-refractivity contribution < 1.29 is 9.72 Å². The van der Waals surface area contributed by atoms with Gasteiger partial charge in [0.2, 0.25) is 0 Å². The van der Waals surface area contributed by atoms with Crippen LogP contribution in [0.3, 0.4) is 0 Å². The van der Waals surface area contributed by atoms with Gasteiger partial charge in [-0.15, -0.1) is 0 Å². The van der Waals surface area contributed by atoms with Gasteiger partial charge in [-0.3, -0.25) is 14.9 Å². The highest BCUT2D eigenvalue weighted by atomic mass is 16.6. The molecule has 0 radical (unpaired) electrons. The summed E-state index contributed by atoms with van der Waals surface area (Å²) >= 11 is 0. The van der Waals surface area contributed by atoms with Crippen molar-refractivity contribution in [1.29, 1.82) is 0 Å². The molecule has 0 aliphatic rings. The first kappa shape index (κ1) is 16.7. The Morgan fingerprint density at radius 2 is 1.74 bits per heavy atom. The average molecular weight is 312 g/mol. The van der Waals surface area contributed by atoms with Crippen LogP contribution in [0.5, 0.6) is 0 Å². The highest BCUT2D eigenvalue weighted by Crippen LogP contribution is 2.22. The van der Waals surface area contributed by atoms with Crippen LogP contribution in [0.2, 0.25) is 0 Å². The van der Waals surface area contributed by atoms with E-state index in [1.165, 1.54) is 12.1 Å². The van der Waals surface area contributed by atoms with Crippen LogP contribution in [0.15, 0.2) is 54.6 Å². The summed E-state index contributed by atoms with van der Waals surface area (Å²) in [5.74, 6) is -0.310. The third-order valence-electron chi connectivity index (χ3n) is 3.91. The molecular formula is C18H20N2O3. The predicted octanol–water partition coefficient (Wildman–Crippen LogP) is 4.04. The Morgan fingerprint density at radius 3 is 2.35 bits per heavy atom. The lowest BCUT2D eigenvalue weighted by molar-refractivity contribution is -0.385.